The van der Waals surface area contributed by atoms with Gasteiger partial charge in [0.1, 0.15) is 5.75 Å². The Morgan fingerprint density at radius 3 is 2.50 bits per heavy atom. The van der Waals surface area contributed by atoms with E-state index < -0.39 is 18.2 Å². The highest BCUT2D eigenvalue weighted by molar-refractivity contribution is 5.33. The maximum absolute atomic E-state index is 12.3. The molecule has 0 fully saturated rings. The highest BCUT2D eigenvalue weighted by atomic mass is 19.3. The second-order valence-corrected chi connectivity index (χ2v) is 1.99. The minimum atomic E-state index is -2.98. The Bertz CT molecular complexity index is 275. The normalized spacial score (nSPS) is 10.3. The van der Waals surface area contributed by atoms with Gasteiger partial charge in [0.05, 0.1) is 0 Å². The van der Waals surface area contributed by atoms with Crippen molar-refractivity contribution < 1.29 is 23.0 Å². The van der Waals surface area contributed by atoms with Crippen LogP contribution in [-0.4, -0.2) is 11.7 Å². The van der Waals surface area contributed by atoms with Crippen LogP contribution in [0.4, 0.5) is 13.2 Å². The second-order valence-electron chi connectivity index (χ2n) is 1.99. The third-order valence-corrected chi connectivity index (χ3v) is 1.14. The number of hydrogen-bond donors (Lipinski definition) is 1. The Morgan fingerprint density at radius 1 is 1.33 bits per heavy atom. The van der Waals surface area contributed by atoms with Crippen LogP contribution >= 0.6 is 0 Å². The molecule has 0 amide bonds. The molecule has 1 aromatic rings. The van der Waals surface area contributed by atoms with Crippen LogP contribution in [0, 0.1) is 5.82 Å². The highest BCUT2D eigenvalue weighted by Crippen LogP contribution is 2.22. The summed E-state index contributed by atoms with van der Waals surface area (Å²) in [6, 6.07) is 2.62. The lowest BCUT2D eigenvalue weighted by molar-refractivity contribution is -0.0499. The lowest BCUT2D eigenvalue weighted by atomic mass is 10.3. The van der Waals surface area contributed by atoms with Gasteiger partial charge in [0.15, 0.2) is 11.6 Å². The first-order chi connectivity index (χ1) is 5.59. The minimum Gasteiger partial charge on any atom is -0.505 e. The Hall–Kier alpha value is -1.39. The first-order valence-electron chi connectivity index (χ1n) is 3.03. The Kier molecular flexibility index (Phi) is 2.42. The fraction of sp³-hybridized carbons (Fsp3) is 0.143. The molecule has 1 N–H and O–H groups in total. The SMILES string of the molecule is Oc1cc(OC(F)F)ccc1F. The first kappa shape index (κ1) is 8.70. The van der Waals surface area contributed by atoms with Gasteiger partial charge in [-0.25, -0.2) is 4.39 Å². The number of phenols is 1. The van der Waals surface area contributed by atoms with E-state index in [1.807, 2.05) is 0 Å². The third kappa shape index (κ3) is 2.05. The maximum atomic E-state index is 12.3. The van der Waals surface area contributed by atoms with E-state index in [0.717, 1.165) is 18.2 Å². The van der Waals surface area contributed by atoms with Gasteiger partial charge in [-0.15, -0.1) is 0 Å². The number of alkyl halides is 2. The maximum Gasteiger partial charge on any atom is 0.387 e. The number of aromatic hydroxyl groups is 1. The molecule has 1 rings (SSSR count). The van der Waals surface area contributed by atoms with Gasteiger partial charge in [-0.2, -0.15) is 8.78 Å². The molecular weight excluding hydrogens is 173 g/mol. The van der Waals surface area contributed by atoms with Gasteiger partial charge in [-0.3, -0.25) is 0 Å². The Balaban J connectivity index is 2.82. The van der Waals surface area contributed by atoms with Crippen molar-refractivity contribution in [2.24, 2.45) is 0 Å². The molecule has 0 saturated heterocycles. The van der Waals surface area contributed by atoms with E-state index in [4.69, 9.17) is 5.11 Å². The van der Waals surface area contributed by atoms with Crippen LogP contribution in [0.1, 0.15) is 0 Å². The predicted molar refractivity (Wildman–Crippen MR) is 34.7 cm³/mol. The van der Waals surface area contributed by atoms with Gasteiger partial charge < -0.3 is 9.84 Å². The van der Waals surface area contributed by atoms with E-state index in [9.17, 15) is 13.2 Å². The molecular formula is C7H5F3O2. The van der Waals surface area contributed by atoms with E-state index in [1.54, 1.807) is 0 Å². The van der Waals surface area contributed by atoms with Gasteiger partial charge in [0.25, 0.3) is 0 Å². The van der Waals surface area contributed by atoms with Crippen molar-refractivity contribution in [2.45, 2.75) is 6.61 Å². The van der Waals surface area contributed by atoms with Crippen molar-refractivity contribution in [3.63, 3.8) is 0 Å². The van der Waals surface area contributed by atoms with E-state index in [0.29, 0.717) is 0 Å². The average Bonchev–Trinajstić information content (AvgIpc) is 1.96. The summed E-state index contributed by atoms with van der Waals surface area (Å²) in [4.78, 5) is 0. The van der Waals surface area contributed by atoms with Crippen molar-refractivity contribution in [3.05, 3.63) is 24.0 Å². The quantitative estimate of drug-likeness (QED) is 0.751. The van der Waals surface area contributed by atoms with Crippen LogP contribution in [0.5, 0.6) is 11.5 Å². The van der Waals surface area contributed by atoms with Crippen LogP contribution in [0.15, 0.2) is 18.2 Å². The van der Waals surface area contributed by atoms with Crippen molar-refractivity contribution in [1.29, 1.82) is 0 Å². The van der Waals surface area contributed by atoms with Gasteiger partial charge in [0.2, 0.25) is 0 Å². The summed E-state index contributed by atoms with van der Waals surface area (Å²) in [7, 11) is 0. The number of halogens is 3. The molecule has 0 aliphatic carbocycles. The van der Waals surface area contributed by atoms with Crippen LogP contribution in [0.3, 0.4) is 0 Å². The molecule has 5 heteroatoms. The topological polar surface area (TPSA) is 29.5 Å². The molecule has 1 aromatic carbocycles. The first-order valence-corrected chi connectivity index (χ1v) is 3.03. The van der Waals surface area contributed by atoms with Crippen molar-refractivity contribution in [1.82, 2.24) is 0 Å². The minimum absolute atomic E-state index is 0.274. The number of hydrogen-bond acceptors (Lipinski definition) is 2. The van der Waals surface area contributed by atoms with Crippen LogP contribution < -0.4 is 4.74 Å². The van der Waals surface area contributed by atoms with E-state index >= 15 is 0 Å². The molecule has 0 spiro atoms. The van der Waals surface area contributed by atoms with Gasteiger partial charge >= 0.3 is 6.61 Å². The van der Waals surface area contributed by atoms with Crippen molar-refractivity contribution in [2.75, 3.05) is 0 Å². The summed E-state index contributed by atoms with van der Waals surface area (Å²) < 4.78 is 39.3. The summed E-state index contributed by atoms with van der Waals surface area (Å²) >= 11 is 0. The molecule has 2 nitrogen and oxygen atoms in total. The van der Waals surface area contributed by atoms with Gasteiger partial charge in [-0.05, 0) is 12.1 Å². The predicted octanol–water partition coefficient (Wildman–Crippen LogP) is 2.13. The number of ether oxygens (including phenoxy) is 1. The summed E-state index contributed by atoms with van der Waals surface area (Å²) in [5.74, 6) is -1.87. The largest absolute Gasteiger partial charge is 0.505 e. The summed E-state index contributed by atoms with van der Waals surface area (Å²) in [5.41, 5.74) is 0. The van der Waals surface area contributed by atoms with Crippen LogP contribution in [0.25, 0.3) is 0 Å². The molecule has 0 heterocycles. The molecule has 0 atom stereocenters. The third-order valence-electron chi connectivity index (χ3n) is 1.14. The molecule has 0 aliphatic rings. The summed E-state index contributed by atoms with van der Waals surface area (Å²) in [6.45, 7) is -2.98. The molecule has 0 aliphatic heterocycles. The van der Waals surface area contributed by atoms with Crippen LogP contribution in [0.2, 0.25) is 0 Å². The lowest BCUT2D eigenvalue weighted by Crippen LogP contribution is -2.01. The van der Waals surface area contributed by atoms with E-state index in [1.165, 1.54) is 0 Å². The van der Waals surface area contributed by atoms with Crippen molar-refractivity contribution in [3.8, 4) is 11.5 Å². The molecule has 66 valence electrons. The molecule has 12 heavy (non-hydrogen) atoms. The van der Waals surface area contributed by atoms with Gasteiger partial charge in [-0.1, -0.05) is 0 Å². The zero-order valence-corrected chi connectivity index (χ0v) is 5.80. The Morgan fingerprint density at radius 2 is 2.00 bits per heavy atom. The monoisotopic (exact) mass is 178 g/mol. The van der Waals surface area contributed by atoms with Gasteiger partial charge in [0, 0.05) is 6.07 Å². The van der Waals surface area contributed by atoms with E-state index in [2.05, 4.69) is 4.74 Å². The fourth-order valence-corrected chi connectivity index (χ4v) is 0.669. The molecule has 0 unspecified atom stereocenters. The standard InChI is InChI=1S/C7H5F3O2/c8-5-2-1-4(3-6(5)11)12-7(9)10/h1-3,7,11H. The van der Waals surface area contributed by atoms with Crippen LogP contribution in [-0.2, 0) is 0 Å². The fourth-order valence-electron chi connectivity index (χ4n) is 0.669. The zero-order valence-electron chi connectivity index (χ0n) is 5.80. The molecule has 0 aromatic heterocycles. The summed E-state index contributed by atoms with van der Waals surface area (Å²) in [5, 5.41) is 8.71. The Labute approximate surface area is 66.2 Å². The lowest BCUT2D eigenvalue weighted by Gasteiger charge is -2.03. The average molecular weight is 178 g/mol. The number of benzene rings is 1. The zero-order chi connectivity index (χ0) is 9.14. The second kappa shape index (κ2) is 3.34. The number of rotatable bonds is 2. The molecule has 0 radical (unpaired) electrons. The smallest absolute Gasteiger partial charge is 0.387 e. The van der Waals surface area contributed by atoms with E-state index in [-0.39, 0.29) is 5.75 Å². The molecule has 0 saturated carbocycles. The number of phenolic OH excluding ortho intramolecular Hbond substituents is 1. The molecule has 0 bridgehead atoms. The highest BCUT2D eigenvalue weighted by Gasteiger charge is 2.06. The van der Waals surface area contributed by atoms with Crippen molar-refractivity contribution >= 4 is 0 Å². The summed E-state index contributed by atoms with van der Waals surface area (Å²) in [6.07, 6.45) is 0.